The highest BCUT2D eigenvalue weighted by Gasteiger charge is 2.34. The summed E-state index contributed by atoms with van der Waals surface area (Å²) in [5.74, 6) is 1.76. The minimum absolute atomic E-state index is 0.0547. The van der Waals surface area contributed by atoms with Crippen LogP contribution in [0.2, 0.25) is 0 Å². The number of nitrogens with zero attached hydrogens (tertiary/aromatic N) is 2. The Morgan fingerprint density at radius 3 is 2.28 bits per heavy atom. The average molecular weight is 493 g/mol. The van der Waals surface area contributed by atoms with Crippen molar-refractivity contribution in [1.82, 2.24) is 4.90 Å². The number of halogens is 1. The van der Waals surface area contributed by atoms with E-state index < -0.39 is 0 Å². The Hall–Kier alpha value is -2.75. The molecule has 0 amide bonds. The van der Waals surface area contributed by atoms with Crippen LogP contribution in [0.25, 0.3) is 0 Å². The Kier molecular flexibility index (Phi) is 11.6. The molecule has 1 aliphatic rings. The lowest BCUT2D eigenvalue weighted by Crippen LogP contribution is -2.25. The minimum Gasteiger partial charge on any atom is -0.356 e. The van der Waals surface area contributed by atoms with Gasteiger partial charge in [-0.3, -0.25) is 4.79 Å². The van der Waals surface area contributed by atoms with E-state index in [9.17, 15) is 9.18 Å². The minimum atomic E-state index is -0.0547. The van der Waals surface area contributed by atoms with E-state index in [-0.39, 0.29) is 17.5 Å². The van der Waals surface area contributed by atoms with Gasteiger partial charge in [-0.1, -0.05) is 83.5 Å². The van der Waals surface area contributed by atoms with E-state index >= 15 is 0 Å². The van der Waals surface area contributed by atoms with Gasteiger partial charge in [0.15, 0.2) is 5.78 Å². The van der Waals surface area contributed by atoms with Crippen molar-refractivity contribution >= 4 is 11.6 Å². The van der Waals surface area contributed by atoms with Crippen molar-refractivity contribution in [2.45, 2.75) is 92.5 Å². The highest BCUT2D eigenvalue weighted by atomic mass is 19.1. The highest BCUT2D eigenvalue weighted by Crippen LogP contribution is 2.36. The monoisotopic (exact) mass is 492 g/mol. The quantitative estimate of drug-likeness (QED) is 0.345. The van der Waals surface area contributed by atoms with Crippen LogP contribution in [0.3, 0.4) is 0 Å². The molecule has 0 radical (unpaired) electrons. The Bertz CT molecular complexity index is 1050. The molecule has 3 rings (SSSR count). The molecule has 0 aromatic heterocycles. The van der Waals surface area contributed by atoms with Crippen LogP contribution in [0, 0.1) is 11.7 Å². The second kappa shape index (κ2) is 14.1. The number of aliphatic imine (C=N–C) groups is 1. The van der Waals surface area contributed by atoms with Crippen molar-refractivity contribution in [2.75, 3.05) is 7.05 Å². The molecule has 0 bridgehead atoms. The first kappa shape index (κ1) is 29.5. The summed E-state index contributed by atoms with van der Waals surface area (Å²) in [5.41, 5.74) is 5.02. The number of benzene rings is 2. The summed E-state index contributed by atoms with van der Waals surface area (Å²) in [6, 6.07) is 16.3. The summed E-state index contributed by atoms with van der Waals surface area (Å²) in [4.78, 5) is 19.4. The molecule has 1 fully saturated rings. The molecule has 2 aromatic rings. The number of aryl methyl sites for hydroxylation is 1. The van der Waals surface area contributed by atoms with Gasteiger partial charge in [0.2, 0.25) is 0 Å². The molecule has 1 saturated heterocycles. The van der Waals surface area contributed by atoms with Crippen molar-refractivity contribution in [3.63, 3.8) is 0 Å². The van der Waals surface area contributed by atoms with E-state index in [1.165, 1.54) is 5.56 Å². The number of Topliss-reactive ketones (excluding diaryl/α,β-unsaturated/α-hetero) is 1. The van der Waals surface area contributed by atoms with E-state index in [0.717, 1.165) is 48.2 Å². The Balaban J connectivity index is 0.000000297. The summed E-state index contributed by atoms with van der Waals surface area (Å²) >= 11 is 0. The van der Waals surface area contributed by atoms with Gasteiger partial charge in [-0.2, -0.15) is 0 Å². The molecular formula is C32H45FN2O. The molecule has 0 aliphatic carbocycles. The van der Waals surface area contributed by atoms with Crippen molar-refractivity contribution in [3.8, 4) is 0 Å². The third-order valence-corrected chi connectivity index (χ3v) is 6.71. The first-order valence-electron chi connectivity index (χ1n) is 13.5. The van der Waals surface area contributed by atoms with E-state index in [1.54, 1.807) is 12.1 Å². The van der Waals surface area contributed by atoms with Crippen molar-refractivity contribution in [1.29, 1.82) is 0 Å². The van der Waals surface area contributed by atoms with Crippen LogP contribution in [0.15, 0.2) is 64.8 Å². The molecule has 0 saturated carbocycles. The lowest BCUT2D eigenvalue weighted by Gasteiger charge is -2.23. The van der Waals surface area contributed by atoms with Crippen molar-refractivity contribution in [2.24, 2.45) is 10.9 Å². The fraction of sp³-hybridized carbons (Fsp3) is 0.500. The van der Waals surface area contributed by atoms with Crippen molar-refractivity contribution in [3.05, 3.63) is 82.3 Å². The number of hydrogen-bond donors (Lipinski definition) is 0. The maximum absolute atomic E-state index is 13.4. The maximum Gasteiger partial charge on any atom is 0.181 e. The number of carbonyl (C=O) groups is 1. The van der Waals surface area contributed by atoms with Crippen LogP contribution < -0.4 is 0 Å². The zero-order valence-electron chi connectivity index (χ0n) is 23.6. The largest absolute Gasteiger partial charge is 0.356 e. The van der Waals surface area contributed by atoms with Gasteiger partial charge in [-0.25, -0.2) is 9.38 Å². The number of likely N-dealkylation sites (tertiary alicyclic amines) is 1. The van der Waals surface area contributed by atoms with Gasteiger partial charge in [-0.15, -0.1) is 0 Å². The van der Waals surface area contributed by atoms with E-state index in [0.29, 0.717) is 24.1 Å². The molecule has 2 unspecified atom stereocenters. The molecule has 36 heavy (non-hydrogen) atoms. The van der Waals surface area contributed by atoms with Crippen LogP contribution >= 0.6 is 0 Å². The molecular weight excluding hydrogens is 447 g/mol. The summed E-state index contributed by atoms with van der Waals surface area (Å²) in [7, 11) is 2.09. The fourth-order valence-electron chi connectivity index (χ4n) is 4.96. The average Bonchev–Trinajstić information content (AvgIpc) is 3.11. The molecule has 196 valence electrons. The van der Waals surface area contributed by atoms with Gasteiger partial charge >= 0.3 is 0 Å². The second-order valence-electron chi connectivity index (χ2n) is 10.4. The lowest BCUT2D eigenvalue weighted by molar-refractivity contribution is -0.115. The SMILES string of the molecule is CCCC(=O)C(N=C1C(C)CC(c2ccccc2)N1C)=C(C)C.CCCc1cccc(F)c1C(C)C. The first-order valence-corrected chi connectivity index (χ1v) is 13.5. The summed E-state index contributed by atoms with van der Waals surface area (Å²) in [6.45, 7) is 14.4. The van der Waals surface area contributed by atoms with E-state index in [4.69, 9.17) is 4.99 Å². The van der Waals surface area contributed by atoms with E-state index in [1.807, 2.05) is 46.8 Å². The molecule has 0 N–H and O–H groups in total. The molecule has 2 atom stereocenters. The molecule has 1 aliphatic heterocycles. The van der Waals surface area contributed by atoms with Crippen LogP contribution in [0.1, 0.15) is 103 Å². The van der Waals surface area contributed by atoms with Crippen LogP contribution in [0.5, 0.6) is 0 Å². The van der Waals surface area contributed by atoms with Gasteiger partial charge in [0.25, 0.3) is 0 Å². The van der Waals surface area contributed by atoms with Gasteiger partial charge < -0.3 is 4.90 Å². The van der Waals surface area contributed by atoms with Gasteiger partial charge in [0, 0.05) is 19.4 Å². The molecule has 3 nitrogen and oxygen atoms in total. The normalized spacial score (nSPS) is 18.3. The van der Waals surface area contributed by atoms with Gasteiger partial charge in [0.1, 0.15) is 17.3 Å². The van der Waals surface area contributed by atoms with Gasteiger partial charge in [0.05, 0.1) is 6.04 Å². The Morgan fingerprint density at radius 1 is 1.06 bits per heavy atom. The topological polar surface area (TPSA) is 32.7 Å². The lowest BCUT2D eigenvalue weighted by atomic mass is 9.94. The number of carbonyl (C=O) groups excluding carboxylic acids is 1. The predicted octanol–water partition coefficient (Wildman–Crippen LogP) is 8.66. The van der Waals surface area contributed by atoms with Crippen LogP contribution in [-0.4, -0.2) is 23.6 Å². The molecule has 2 aromatic carbocycles. The summed E-state index contributed by atoms with van der Waals surface area (Å²) < 4.78 is 13.4. The Morgan fingerprint density at radius 2 is 1.72 bits per heavy atom. The molecule has 4 heteroatoms. The molecule has 0 spiro atoms. The zero-order valence-corrected chi connectivity index (χ0v) is 23.6. The van der Waals surface area contributed by atoms with Crippen LogP contribution in [-0.2, 0) is 11.2 Å². The predicted molar refractivity (Wildman–Crippen MR) is 151 cm³/mol. The van der Waals surface area contributed by atoms with E-state index in [2.05, 4.69) is 50.1 Å². The second-order valence-corrected chi connectivity index (χ2v) is 10.4. The smallest absolute Gasteiger partial charge is 0.181 e. The zero-order chi connectivity index (χ0) is 26.8. The summed E-state index contributed by atoms with van der Waals surface area (Å²) in [6.07, 6.45) is 4.52. The maximum atomic E-state index is 13.4. The van der Waals surface area contributed by atoms with Crippen LogP contribution in [0.4, 0.5) is 4.39 Å². The summed E-state index contributed by atoms with van der Waals surface area (Å²) in [5, 5.41) is 0. The highest BCUT2D eigenvalue weighted by molar-refractivity contribution is 5.99. The molecule has 1 heterocycles. The number of rotatable bonds is 8. The number of hydrogen-bond acceptors (Lipinski definition) is 2. The number of ketones is 1. The number of allylic oxidation sites excluding steroid dienone is 2. The fourth-order valence-corrected chi connectivity index (χ4v) is 4.96. The standard InChI is InChI=1S/C20H28N2O.C12H17F/c1-6-10-18(23)19(14(2)3)21-20-15(4)13-17(22(20)5)16-11-8-7-9-12-16;1-4-6-10-7-5-8-11(13)12(10)9(2)3/h7-9,11-12,15,17H,6,10,13H2,1-5H3;5,7-9H,4,6H2,1-3H3. The van der Waals surface area contributed by atoms with Crippen molar-refractivity contribution < 1.29 is 9.18 Å². The Labute approximate surface area is 218 Å². The van der Waals surface area contributed by atoms with Gasteiger partial charge in [-0.05, 0) is 67.4 Å². The number of amidine groups is 1. The first-order chi connectivity index (χ1) is 17.1. The third-order valence-electron chi connectivity index (χ3n) is 6.71. The third kappa shape index (κ3) is 7.62.